The van der Waals surface area contributed by atoms with Crippen LogP contribution in [0.3, 0.4) is 0 Å². The van der Waals surface area contributed by atoms with Crippen LogP contribution in [0.25, 0.3) is 5.76 Å². The number of rotatable bonds is 2. The molecule has 3 rings (SSSR count). The molecule has 0 bridgehead atoms. The van der Waals surface area contributed by atoms with Crippen LogP contribution < -0.4 is 5.43 Å². The molecule has 0 unspecified atom stereocenters. The van der Waals surface area contributed by atoms with Gasteiger partial charge in [0.2, 0.25) is 0 Å². The second kappa shape index (κ2) is 4.92. The Balaban J connectivity index is 1.99. The van der Waals surface area contributed by atoms with Crippen molar-refractivity contribution in [1.29, 1.82) is 0 Å². The number of amides is 1. The molecule has 0 saturated heterocycles. The van der Waals surface area contributed by atoms with Gasteiger partial charge in [0.25, 0.3) is 15.9 Å². The van der Waals surface area contributed by atoms with Crippen LogP contribution in [-0.2, 0) is 19.6 Å². The van der Waals surface area contributed by atoms with E-state index in [1.54, 1.807) is 18.5 Å². The van der Waals surface area contributed by atoms with Gasteiger partial charge in [-0.3, -0.25) is 19.5 Å². The molecule has 0 spiro atoms. The van der Waals surface area contributed by atoms with Crippen molar-refractivity contribution in [2.75, 3.05) is 13.8 Å². The van der Waals surface area contributed by atoms with Crippen LogP contribution in [-0.4, -0.2) is 42.5 Å². The monoisotopic (exact) mass is 343 g/mol. The molecular formula is C12H13N3O5S2. The van der Waals surface area contributed by atoms with E-state index in [4.69, 9.17) is 4.74 Å². The quantitative estimate of drug-likeness (QED) is 0.824. The van der Waals surface area contributed by atoms with Crippen molar-refractivity contribution in [3.8, 4) is 0 Å². The minimum atomic E-state index is -3.85. The fourth-order valence-corrected chi connectivity index (χ4v) is 4.72. The molecule has 0 aromatic carbocycles. The van der Waals surface area contributed by atoms with Gasteiger partial charge >= 0.3 is 0 Å². The Morgan fingerprint density at radius 1 is 1.50 bits per heavy atom. The second-order valence-corrected chi connectivity index (χ2v) is 7.56. The van der Waals surface area contributed by atoms with Crippen LogP contribution in [0.2, 0.25) is 0 Å². The number of nitrogens with one attached hydrogen (secondary N) is 1. The van der Waals surface area contributed by atoms with Gasteiger partial charge in [-0.15, -0.1) is 11.3 Å². The number of carbonyl (C=O) groups excluding carboxylic acids is 1. The number of nitrogens with zero attached hydrogens (tertiary/aromatic N) is 2. The number of aliphatic hydroxyl groups is 1. The first kappa shape index (κ1) is 14.7. The van der Waals surface area contributed by atoms with E-state index in [1.807, 2.05) is 0 Å². The van der Waals surface area contributed by atoms with E-state index in [0.29, 0.717) is 5.76 Å². The Morgan fingerprint density at radius 2 is 2.23 bits per heavy atom. The number of sulfonamides is 1. The number of aliphatic hydroxyl groups excluding tert-OH is 1. The van der Waals surface area contributed by atoms with Crippen LogP contribution >= 0.6 is 11.3 Å². The van der Waals surface area contributed by atoms with Gasteiger partial charge in [0.15, 0.2) is 18.2 Å². The van der Waals surface area contributed by atoms with E-state index >= 15 is 0 Å². The lowest BCUT2D eigenvalue weighted by molar-refractivity contribution is -0.122. The van der Waals surface area contributed by atoms with Crippen LogP contribution in [0, 0.1) is 0 Å². The lowest BCUT2D eigenvalue weighted by Gasteiger charge is -2.27. The predicted molar refractivity (Wildman–Crippen MR) is 78.5 cm³/mol. The number of hydrazine groups is 1. The maximum atomic E-state index is 12.4. The molecule has 0 fully saturated rings. The van der Waals surface area contributed by atoms with E-state index < -0.39 is 15.9 Å². The highest BCUT2D eigenvalue weighted by Gasteiger charge is 2.39. The molecule has 2 aliphatic heterocycles. The molecule has 1 aromatic heterocycles. The predicted octanol–water partition coefficient (Wildman–Crippen LogP) is 0.791. The molecule has 0 aliphatic carbocycles. The minimum absolute atomic E-state index is 0.00528. The highest BCUT2D eigenvalue weighted by atomic mass is 32.2. The van der Waals surface area contributed by atoms with Crippen molar-refractivity contribution in [3.63, 3.8) is 0 Å². The van der Waals surface area contributed by atoms with Crippen LogP contribution in [0.4, 0.5) is 0 Å². The van der Waals surface area contributed by atoms with E-state index in [-0.39, 0.29) is 28.0 Å². The summed E-state index contributed by atoms with van der Waals surface area (Å²) >= 11 is 1.06. The summed E-state index contributed by atoms with van der Waals surface area (Å²) in [6.07, 6.45) is 1.56. The van der Waals surface area contributed by atoms with Gasteiger partial charge in [-0.05, 0) is 18.4 Å². The third-order valence-corrected chi connectivity index (χ3v) is 6.10. The number of fused-ring (bicyclic) bond motifs is 1. The third kappa shape index (κ3) is 2.11. The normalized spacial score (nSPS) is 19.6. The summed E-state index contributed by atoms with van der Waals surface area (Å²) in [5, 5.41) is 13.2. The average Bonchev–Trinajstić information content (AvgIpc) is 3.06. The second-order valence-electron chi connectivity index (χ2n) is 4.71. The van der Waals surface area contributed by atoms with Crippen LogP contribution in [0.15, 0.2) is 34.0 Å². The molecule has 1 aromatic rings. The van der Waals surface area contributed by atoms with E-state index in [9.17, 15) is 18.3 Å². The van der Waals surface area contributed by atoms with Crippen molar-refractivity contribution in [3.05, 3.63) is 34.0 Å². The molecule has 2 aliphatic rings. The van der Waals surface area contributed by atoms with Crippen LogP contribution in [0.1, 0.15) is 11.8 Å². The molecule has 1 amide bonds. The number of likely N-dealkylation sites (N-methyl/N-ethyl adjacent to an activating group) is 1. The van der Waals surface area contributed by atoms with Crippen molar-refractivity contribution >= 4 is 33.0 Å². The van der Waals surface area contributed by atoms with Gasteiger partial charge in [0.1, 0.15) is 10.7 Å². The summed E-state index contributed by atoms with van der Waals surface area (Å²) in [6.45, 7) is 1.84. The maximum Gasteiger partial charge on any atom is 0.291 e. The highest BCUT2D eigenvalue weighted by molar-refractivity contribution is 7.89. The standard InChI is InChI=1S/C12H13N3O5S2/c1-7-5-15(6-20-7)13-12(17)9-10(16)11-8(3-4-21-11)22(18,19)14(9)2/h3-5,16H,6H2,1-2H3,(H,13,17). The summed E-state index contributed by atoms with van der Waals surface area (Å²) in [6, 6.07) is 1.40. The fraction of sp³-hybridized carbons (Fsp3) is 0.250. The topological polar surface area (TPSA) is 99.2 Å². The Hall–Kier alpha value is -2.20. The molecule has 0 atom stereocenters. The zero-order chi connectivity index (χ0) is 16.1. The summed E-state index contributed by atoms with van der Waals surface area (Å²) in [4.78, 5) is 12.5. The zero-order valence-corrected chi connectivity index (χ0v) is 13.4. The molecule has 3 heterocycles. The fourth-order valence-electron chi connectivity index (χ4n) is 2.16. The summed E-state index contributed by atoms with van der Waals surface area (Å²) in [5.74, 6) is -0.485. The number of ether oxygens (including phenoxy) is 1. The third-order valence-electron chi connectivity index (χ3n) is 3.25. The van der Waals surface area contributed by atoms with Crippen molar-refractivity contribution in [1.82, 2.24) is 14.7 Å². The Labute approximate surface area is 130 Å². The lowest BCUT2D eigenvalue weighted by atomic mass is 10.3. The number of thiophene rings is 1. The van der Waals surface area contributed by atoms with Gasteiger partial charge in [-0.2, -0.15) is 0 Å². The molecule has 0 saturated carbocycles. The van der Waals surface area contributed by atoms with Gasteiger partial charge in [-0.1, -0.05) is 0 Å². The van der Waals surface area contributed by atoms with Gasteiger partial charge < -0.3 is 9.84 Å². The van der Waals surface area contributed by atoms with E-state index in [2.05, 4.69) is 5.43 Å². The first-order valence-electron chi connectivity index (χ1n) is 6.21. The zero-order valence-electron chi connectivity index (χ0n) is 11.7. The van der Waals surface area contributed by atoms with Crippen molar-refractivity contribution < 1.29 is 23.1 Å². The molecule has 8 nitrogen and oxygen atoms in total. The van der Waals surface area contributed by atoms with Gasteiger partial charge in [0, 0.05) is 7.05 Å². The number of hydrogen-bond acceptors (Lipinski definition) is 7. The summed E-state index contributed by atoms with van der Waals surface area (Å²) < 4.78 is 30.7. The lowest BCUT2D eigenvalue weighted by Crippen LogP contribution is -2.44. The molecule has 2 N–H and O–H groups in total. The SMILES string of the molecule is CC1=CN(NC(=O)C2=C(O)c3sccc3S(=O)(=O)N2C)CO1. The van der Waals surface area contributed by atoms with E-state index in [0.717, 1.165) is 15.6 Å². The Bertz CT molecular complexity index is 808. The summed E-state index contributed by atoms with van der Waals surface area (Å²) in [5.41, 5.74) is 2.15. The van der Waals surface area contributed by atoms with Crippen molar-refractivity contribution in [2.45, 2.75) is 11.8 Å². The number of carbonyl (C=O) groups is 1. The summed E-state index contributed by atoms with van der Waals surface area (Å²) in [7, 11) is -2.62. The largest absolute Gasteiger partial charge is 0.504 e. The van der Waals surface area contributed by atoms with Gasteiger partial charge in [0.05, 0.1) is 11.1 Å². The van der Waals surface area contributed by atoms with Gasteiger partial charge in [-0.25, -0.2) is 8.42 Å². The smallest absolute Gasteiger partial charge is 0.291 e. The molecule has 118 valence electrons. The first-order chi connectivity index (χ1) is 10.3. The molecule has 22 heavy (non-hydrogen) atoms. The van der Waals surface area contributed by atoms with Crippen LogP contribution in [0.5, 0.6) is 0 Å². The Morgan fingerprint density at radius 3 is 2.86 bits per heavy atom. The number of allylic oxidation sites excluding steroid dienone is 1. The maximum absolute atomic E-state index is 12.4. The molecule has 10 heteroatoms. The Kier molecular flexibility index (Phi) is 3.29. The number of hydrogen-bond donors (Lipinski definition) is 2. The molecular weight excluding hydrogens is 330 g/mol. The highest BCUT2D eigenvalue weighted by Crippen LogP contribution is 2.37. The average molecular weight is 343 g/mol. The molecule has 0 radical (unpaired) electrons. The minimum Gasteiger partial charge on any atom is -0.504 e. The van der Waals surface area contributed by atoms with E-state index in [1.165, 1.54) is 18.1 Å². The first-order valence-corrected chi connectivity index (χ1v) is 8.53. The van der Waals surface area contributed by atoms with Crippen molar-refractivity contribution in [2.24, 2.45) is 0 Å².